The van der Waals surface area contributed by atoms with E-state index in [0.29, 0.717) is 5.82 Å². The van der Waals surface area contributed by atoms with Crippen molar-refractivity contribution in [3.8, 4) is 0 Å². The van der Waals surface area contributed by atoms with Crippen molar-refractivity contribution in [1.82, 2.24) is 10.3 Å². The second kappa shape index (κ2) is 5.38. The van der Waals surface area contributed by atoms with Crippen LogP contribution in [0.5, 0.6) is 0 Å². The lowest BCUT2D eigenvalue weighted by molar-refractivity contribution is -0.118. The number of carbonyl (C=O) groups excluding carboxylic acids is 1. The third-order valence-electron chi connectivity index (χ3n) is 3.35. The Bertz CT molecular complexity index is 627. The van der Waals surface area contributed by atoms with Crippen LogP contribution in [0.1, 0.15) is 17.2 Å². The fourth-order valence-electron chi connectivity index (χ4n) is 2.39. The van der Waals surface area contributed by atoms with E-state index >= 15 is 0 Å². The molecule has 3 rings (SSSR count). The minimum Gasteiger partial charge on any atom is -0.309 e. The van der Waals surface area contributed by atoms with Gasteiger partial charge in [0.15, 0.2) is 0 Å². The van der Waals surface area contributed by atoms with Gasteiger partial charge < -0.3 is 10.6 Å². The molecular weight excluding hydrogens is 257 g/mol. The molecule has 1 aliphatic rings. The molecule has 0 bridgehead atoms. The van der Waals surface area contributed by atoms with E-state index in [1.807, 2.05) is 24.3 Å². The first kappa shape index (κ1) is 12.7. The number of hydrogen-bond acceptors (Lipinski definition) is 3. The number of pyridine rings is 1. The molecule has 2 heterocycles. The van der Waals surface area contributed by atoms with Gasteiger partial charge in [-0.05, 0) is 29.7 Å². The largest absolute Gasteiger partial charge is 0.309 e. The molecule has 0 spiro atoms. The standard InChI is InChI=1S/C15H14FN3O/c16-11-5-6-13(18-9-11)19-15(20)14-12-4-2-1-3-10(12)7-8-17-14/h1-6,9,14,17H,7-8H2,(H,18,19,20). The van der Waals surface area contributed by atoms with Gasteiger partial charge in [0.1, 0.15) is 17.7 Å². The lowest BCUT2D eigenvalue weighted by Crippen LogP contribution is -2.38. The highest BCUT2D eigenvalue weighted by Gasteiger charge is 2.25. The van der Waals surface area contributed by atoms with Crippen LogP contribution in [0.25, 0.3) is 0 Å². The zero-order valence-corrected chi connectivity index (χ0v) is 10.8. The molecule has 20 heavy (non-hydrogen) atoms. The molecule has 1 aliphatic heterocycles. The zero-order chi connectivity index (χ0) is 13.9. The number of hydrogen-bond donors (Lipinski definition) is 2. The van der Waals surface area contributed by atoms with Crippen molar-refractivity contribution in [2.24, 2.45) is 0 Å². The molecular formula is C15H14FN3O. The van der Waals surface area contributed by atoms with Crippen molar-refractivity contribution >= 4 is 11.7 Å². The molecule has 0 saturated carbocycles. The van der Waals surface area contributed by atoms with E-state index in [4.69, 9.17) is 0 Å². The minimum atomic E-state index is -0.427. The Morgan fingerprint density at radius 1 is 1.30 bits per heavy atom. The van der Waals surface area contributed by atoms with E-state index in [9.17, 15) is 9.18 Å². The first-order valence-corrected chi connectivity index (χ1v) is 6.47. The predicted molar refractivity (Wildman–Crippen MR) is 73.7 cm³/mol. The van der Waals surface area contributed by atoms with Crippen LogP contribution in [-0.4, -0.2) is 17.4 Å². The number of nitrogens with one attached hydrogen (secondary N) is 2. The summed E-state index contributed by atoms with van der Waals surface area (Å²) in [5.41, 5.74) is 2.16. The van der Waals surface area contributed by atoms with Gasteiger partial charge in [-0.2, -0.15) is 0 Å². The highest BCUT2D eigenvalue weighted by atomic mass is 19.1. The number of anilines is 1. The number of halogens is 1. The molecule has 0 radical (unpaired) electrons. The lowest BCUT2D eigenvalue weighted by Gasteiger charge is -2.25. The third kappa shape index (κ3) is 2.53. The lowest BCUT2D eigenvalue weighted by atomic mass is 9.94. The average Bonchev–Trinajstić information content (AvgIpc) is 2.49. The second-order valence-electron chi connectivity index (χ2n) is 4.69. The SMILES string of the molecule is O=C(Nc1ccc(F)cn1)C1NCCc2ccccc21. The van der Waals surface area contributed by atoms with Crippen LogP contribution in [-0.2, 0) is 11.2 Å². The van der Waals surface area contributed by atoms with Gasteiger partial charge >= 0.3 is 0 Å². The number of nitrogens with zero attached hydrogens (tertiary/aromatic N) is 1. The Kier molecular flexibility index (Phi) is 3.43. The van der Waals surface area contributed by atoms with E-state index in [0.717, 1.165) is 24.7 Å². The van der Waals surface area contributed by atoms with Crippen molar-refractivity contribution in [3.63, 3.8) is 0 Å². The van der Waals surface area contributed by atoms with E-state index < -0.39 is 11.9 Å². The summed E-state index contributed by atoms with van der Waals surface area (Å²) in [4.78, 5) is 16.1. The van der Waals surface area contributed by atoms with Crippen molar-refractivity contribution in [1.29, 1.82) is 0 Å². The van der Waals surface area contributed by atoms with Gasteiger partial charge in [-0.15, -0.1) is 0 Å². The van der Waals surface area contributed by atoms with Crippen LogP contribution in [0, 0.1) is 5.82 Å². The van der Waals surface area contributed by atoms with Crippen molar-refractivity contribution in [3.05, 3.63) is 59.5 Å². The molecule has 1 aromatic heterocycles. The van der Waals surface area contributed by atoms with Gasteiger partial charge in [0.2, 0.25) is 5.91 Å². The molecule has 1 amide bonds. The number of amides is 1. The topological polar surface area (TPSA) is 54.0 Å². The molecule has 0 saturated heterocycles. The first-order valence-electron chi connectivity index (χ1n) is 6.47. The fourth-order valence-corrected chi connectivity index (χ4v) is 2.39. The summed E-state index contributed by atoms with van der Waals surface area (Å²) < 4.78 is 12.8. The monoisotopic (exact) mass is 271 g/mol. The summed E-state index contributed by atoms with van der Waals surface area (Å²) in [6, 6.07) is 10.2. The summed E-state index contributed by atoms with van der Waals surface area (Å²) in [6.07, 6.45) is 1.99. The molecule has 2 N–H and O–H groups in total. The number of carbonyl (C=O) groups is 1. The van der Waals surface area contributed by atoms with Crippen LogP contribution in [0.4, 0.5) is 10.2 Å². The van der Waals surface area contributed by atoms with E-state index in [2.05, 4.69) is 15.6 Å². The summed E-state index contributed by atoms with van der Waals surface area (Å²) in [5, 5.41) is 5.89. The molecule has 1 unspecified atom stereocenters. The Hall–Kier alpha value is -2.27. The minimum absolute atomic E-state index is 0.184. The quantitative estimate of drug-likeness (QED) is 0.879. The maximum Gasteiger partial charge on any atom is 0.247 e. The number of aromatic nitrogens is 1. The van der Waals surface area contributed by atoms with Gasteiger partial charge in [-0.25, -0.2) is 9.37 Å². The van der Waals surface area contributed by atoms with Gasteiger partial charge in [-0.1, -0.05) is 24.3 Å². The maximum atomic E-state index is 12.8. The average molecular weight is 271 g/mol. The normalized spacial score (nSPS) is 17.4. The molecule has 0 aliphatic carbocycles. The molecule has 5 heteroatoms. The zero-order valence-electron chi connectivity index (χ0n) is 10.8. The van der Waals surface area contributed by atoms with Crippen molar-refractivity contribution in [2.75, 3.05) is 11.9 Å². The van der Waals surface area contributed by atoms with E-state index in [-0.39, 0.29) is 5.91 Å². The maximum absolute atomic E-state index is 12.8. The second-order valence-corrected chi connectivity index (χ2v) is 4.69. The molecule has 1 aromatic carbocycles. The summed E-state index contributed by atoms with van der Waals surface area (Å²) in [6.45, 7) is 0.756. The van der Waals surface area contributed by atoms with Gasteiger partial charge in [0.05, 0.1) is 6.20 Å². The first-order chi connectivity index (χ1) is 9.74. The molecule has 4 nitrogen and oxygen atoms in total. The summed E-state index contributed by atoms with van der Waals surface area (Å²) in [7, 11) is 0. The van der Waals surface area contributed by atoms with Crippen LogP contribution in [0.15, 0.2) is 42.6 Å². The van der Waals surface area contributed by atoms with Crippen LogP contribution >= 0.6 is 0 Å². The van der Waals surface area contributed by atoms with Gasteiger partial charge in [-0.3, -0.25) is 4.79 Å². The Labute approximate surface area is 116 Å². The third-order valence-corrected chi connectivity index (χ3v) is 3.35. The highest BCUT2D eigenvalue weighted by Crippen LogP contribution is 2.23. The Morgan fingerprint density at radius 2 is 2.15 bits per heavy atom. The van der Waals surface area contributed by atoms with Gasteiger partial charge in [0.25, 0.3) is 0 Å². The van der Waals surface area contributed by atoms with Crippen LogP contribution < -0.4 is 10.6 Å². The number of fused-ring (bicyclic) bond motifs is 1. The van der Waals surface area contributed by atoms with Crippen LogP contribution in [0.3, 0.4) is 0 Å². The smallest absolute Gasteiger partial charge is 0.247 e. The molecule has 1 atom stereocenters. The van der Waals surface area contributed by atoms with Gasteiger partial charge in [0, 0.05) is 6.54 Å². The summed E-state index contributed by atoms with van der Waals surface area (Å²) in [5.74, 6) is -0.262. The predicted octanol–water partition coefficient (Wildman–Crippen LogP) is 2.05. The molecule has 2 aromatic rings. The number of rotatable bonds is 2. The van der Waals surface area contributed by atoms with E-state index in [1.165, 1.54) is 17.7 Å². The van der Waals surface area contributed by atoms with Crippen molar-refractivity contribution < 1.29 is 9.18 Å². The Balaban J connectivity index is 1.80. The van der Waals surface area contributed by atoms with E-state index in [1.54, 1.807) is 0 Å². The Morgan fingerprint density at radius 3 is 2.95 bits per heavy atom. The number of benzene rings is 1. The highest BCUT2D eigenvalue weighted by molar-refractivity contribution is 5.95. The van der Waals surface area contributed by atoms with Crippen LogP contribution in [0.2, 0.25) is 0 Å². The fraction of sp³-hybridized carbons (Fsp3) is 0.200. The molecule has 102 valence electrons. The van der Waals surface area contributed by atoms with Crippen molar-refractivity contribution in [2.45, 2.75) is 12.5 Å². The summed E-state index contributed by atoms with van der Waals surface area (Å²) >= 11 is 0. The molecule has 0 fully saturated rings.